The molecule has 0 radical (unpaired) electrons. The molecule has 0 fully saturated rings. The van der Waals surface area contributed by atoms with Crippen LogP contribution >= 0.6 is 0 Å². The fourth-order valence-corrected chi connectivity index (χ4v) is 3.00. The van der Waals surface area contributed by atoms with Crippen LogP contribution in [-0.4, -0.2) is 29.7 Å². The van der Waals surface area contributed by atoms with Crippen molar-refractivity contribution in [1.82, 2.24) is 14.3 Å². The van der Waals surface area contributed by atoms with E-state index in [1.807, 2.05) is 6.07 Å². The Kier molecular flexibility index (Phi) is 3.88. The summed E-state index contributed by atoms with van der Waals surface area (Å²) in [5, 5.41) is 8.87. The molecular formula is C13H14N4O2S. The number of aromatic amines is 1. The molecule has 2 aromatic rings. The highest BCUT2D eigenvalue weighted by Gasteiger charge is 2.22. The maximum atomic E-state index is 12.4. The third-order valence-electron chi connectivity index (χ3n) is 2.95. The molecule has 1 heterocycles. The second-order valence-corrected chi connectivity index (χ2v) is 6.43. The highest BCUT2D eigenvalue weighted by molar-refractivity contribution is 7.89. The van der Waals surface area contributed by atoms with Gasteiger partial charge in [-0.1, -0.05) is 0 Å². The van der Waals surface area contributed by atoms with Crippen molar-refractivity contribution in [1.29, 1.82) is 5.26 Å². The minimum atomic E-state index is -3.60. The molecule has 0 aliphatic rings. The normalized spacial score (nSPS) is 11.5. The molecule has 1 aromatic carbocycles. The zero-order valence-corrected chi connectivity index (χ0v) is 12.0. The van der Waals surface area contributed by atoms with Crippen LogP contribution < -0.4 is 0 Å². The number of nitrogens with zero attached hydrogens (tertiary/aromatic N) is 3. The van der Waals surface area contributed by atoms with Gasteiger partial charge in [0.2, 0.25) is 10.0 Å². The Bertz CT molecular complexity index is 745. The lowest BCUT2D eigenvalue weighted by molar-refractivity contribution is 0.458. The highest BCUT2D eigenvalue weighted by Crippen LogP contribution is 2.19. The van der Waals surface area contributed by atoms with Crippen LogP contribution in [0.3, 0.4) is 0 Å². The molecule has 2 rings (SSSR count). The van der Waals surface area contributed by atoms with Crippen molar-refractivity contribution >= 4 is 10.0 Å². The second kappa shape index (κ2) is 5.45. The lowest BCUT2D eigenvalue weighted by Crippen LogP contribution is -2.27. The molecule has 1 N–H and O–H groups in total. The number of hydrogen-bond acceptors (Lipinski definition) is 4. The zero-order valence-electron chi connectivity index (χ0n) is 11.2. The minimum absolute atomic E-state index is 0.161. The van der Waals surface area contributed by atoms with Crippen LogP contribution in [0.5, 0.6) is 0 Å². The third kappa shape index (κ3) is 2.71. The van der Waals surface area contributed by atoms with Gasteiger partial charge in [-0.15, -0.1) is 0 Å². The van der Waals surface area contributed by atoms with Gasteiger partial charge in [-0.25, -0.2) is 13.4 Å². The molecule has 0 saturated carbocycles. The van der Waals surface area contributed by atoms with E-state index < -0.39 is 10.0 Å². The number of hydrogen-bond donors (Lipinski definition) is 1. The van der Waals surface area contributed by atoms with Gasteiger partial charge in [-0.2, -0.15) is 9.57 Å². The molecule has 0 unspecified atom stereocenters. The largest absolute Gasteiger partial charge is 0.347 e. The van der Waals surface area contributed by atoms with Gasteiger partial charge in [0.25, 0.3) is 0 Å². The van der Waals surface area contributed by atoms with Crippen LogP contribution in [0.15, 0.2) is 35.5 Å². The van der Waals surface area contributed by atoms with Crippen molar-refractivity contribution in [2.45, 2.75) is 18.4 Å². The number of aryl methyl sites for hydroxylation is 1. The summed E-state index contributed by atoms with van der Waals surface area (Å²) in [7, 11) is -2.11. The second-order valence-electron chi connectivity index (χ2n) is 4.39. The van der Waals surface area contributed by atoms with Crippen LogP contribution in [0.1, 0.15) is 17.0 Å². The van der Waals surface area contributed by atoms with Crippen molar-refractivity contribution in [3.63, 3.8) is 0 Å². The van der Waals surface area contributed by atoms with E-state index in [0.29, 0.717) is 17.0 Å². The van der Waals surface area contributed by atoms with Gasteiger partial charge in [0.15, 0.2) is 0 Å². The summed E-state index contributed by atoms with van der Waals surface area (Å²) in [6.07, 6.45) is 3.21. The first kappa shape index (κ1) is 14.2. The van der Waals surface area contributed by atoms with Gasteiger partial charge in [-0.3, -0.25) is 0 Å². The van der Waals surface area contributed by atoms with Crippen molar-refractivity contribution < 1.29 is 8.42 Å². The van der Waals surface area contributed by atoms with Crippen molar-refractivity contribution in [3.8, 4) is 6.07 Å². The Morgan fingerprint density at radius 2 is 2.20 bits per heavy atom. The third-order valence-corrected chi connectivity index (χ3v) is 4.75. The first-order valence-corrected chi connectivity index (χ1v) is 7.34. The number of rotatable bonds is 4. The SMILES string of the molecule is Cc1cc(S(=O)(=O)N(C)Cc2ncc[nH]2)ccc1C#N. The van der Waals surface area contributed by atoms with Crippen LogP contribution in [0, 0.1) is 18.3 Å². The van der Waals surface area contributed by atoms with Crippen LogP contribution in [0.4, 0.5) is 0 Å². The van der Waals surface area contributed by atoms with E-state index in [-0.39, 0.29) is 11.4 Å². The predicted molar refractivity (Wildman–Crippen MR) is 73.1 cm³/mol. The Labute approximate surface area is 117 Å². The standard InChI is InChI=1S/C13H14N4O2S/c1-10-7-12(4-3-11(10)8-14)20(18,19)17(2)9-13-15-5-6-16-13/h3-7H,9H2,1-2H3,(H,15,16). The minimum Gasteiger partial charge on any atom is -0.347 e. The predicted octanol–water partition coefficient (Wildman–Crippen LogP) is 1.41. The van der Waals surface area contributed by atoms with E-state index in [1.165, 1.54) is 29.6 Å². The smallest absolute Gasteiger partial charge is 0.243 e. The number of aromatic nitrogens is 2. The molecule has 20 heavy (non-hydrogen) atoms. The molecular weight excluding hydrogens is 276 g/mol. The maximum Gasteiger partial charge on any atom is 0.243 e. The topological polar surface area (TPSA) is 89.8 Å². The lowest BCUT2D eigenvalue weighted by Gasteiger charge is -2.16. The number of imidazole rings is 1. The van der Waals surface area contributed by atoms with E-state index in [2.05, 4.69) is 9.97 Å². The van der Waals surface area contributed by atoms with Crippen LogP contribution in [0.25, 0.3) is 0 Å². The Balaban J connectivity index is 2.30. The van der Waals surface area contributed by atoms with Crippen molar-refractivity contribution in [2.24, 2.45) is 0 Å². The summed E-state index contributed by atoms with van der Waals surface area (Å²) in [5.41, 5.74) is 1.11. The average molecular weight is 290 g/mol. The van der Waals surface area contributed by atoms with Crippen molar-refractivity contribution in [2.75, 3.05) is 7.05 Å². The quantitative estimate of drug-likeness (QED) is 0.921. The van der Waals surface area contributed by atoms with E-state index in [1.54, 1.807) is 19.3 Å². The van der Waals surface area contributed by atoms with Crippen molar-refractivity contribution in [3.05, 3.63) is 47.5 Å². The van der Waals surface area contributed by atoms with Gasteiger partial charge in [0, 0.05) is 19.4 Å². The summed E-state index contributed by atoms with van der Waals surface area (Å²) >= 11 is 0. The number of nitriles is 1. The van der Waals surface area contributed by atoms with E-state index in [4.69, 9.17) is 5.26 Å². The molecule has 0 spiro atoms. The van der Waals surface area contributed by atoms with Crippen LogP contribution in [-0.2, 0) is 16.6 Å². The monoisotopic (exact) mass is 290 g/mol. The molecule has 7 heteroatoms. The molecule has 0 aliphatic carbocycles. The van der Waals surface area contributed by atoms with Gasteiger partial charge in [0.1, 0.15) is 5.82 Å². The van der Waals surface area contributed by atoms with Gasteiger partial charge < -0.3 is 4.98 Å². The highest BCUT2D eigenvalue weighted by atomic mass is 32.2. The molecule has 0 amide bonds. The molecule has 104 valence electrons. The first-order valence-electron chi connectivity index (χ1n) is 5.90. The number of nitrogens with one attached hydrogen (secondary N) is 1. The summed E-state index contributed by atoms with van der Waals surface area (Å²) in [5.74, 6) is 0.571. The summed E-state index contributed by atoms with van der Waals surface area (Å²) < 4.78 is 26.0. The molecule has 0 bridgehead atoms. The Morgan fingerprint density at radius 1 is 1.45 bits per heavy atom. The zero-order chi connectivity index (χ0) is 14.8. The number of H-pyrrole nitrogens is 1. The molecule has 6 nitrogen and oxygen atoms in total. The van der Waals surface area contributed by atoms with Gasteiger partial charge in [0.05, 0.1) is 23.1 Å². The Hall–Kier alpha value is -2.17. The summed E-state index contributed by atoms with van der Waals surface area (Å²) in [6, 6.07) is 6.48. The van der Waals surface area contributed by atoms with Gasteiger partial charge >= 0.3 is 0 Å². The molecule has 0 saturated heterocycles. The summed E-state index contributed by atoms with van der Waals surface area (Å²) in [4.78, 5) is 7.03. The van der Waals surface area contributed by atoms with E-state index >= 15 is 0 Å². The fraction of sp³-hybridized carbons (Fsp3) is 0.231. The maximum absolute atomic E-state index is 12.4. The Morgan fingerprint density at radius 3 is 2.75 bits per heavy atom. The molecule has 0 atom stereocenters. The average Bonchev–Trinajstić information content (AvgIpc) is 2.91. The number of benzene rings is 1. The first-order chi connectivity index (χ1) is 9.45. The number of sulfonamides is 1. The van der Waals surface area contributed by atoms with Crippen LogP contribution in [0.2, 0.25) is 0 Å². The molecule has 0 aliphatic heterocycles. The lowest BCUT2D eigenvalue weighted by atomic mass is 10.1. The van der Waals surface area contributed by atoms with Gasteiger partial charge in [-0.05, 0) is 30.7 Å². The fourth-order valence-electron chi connectivity index (χ4n) is 1.78. The summed E-state index contributed by atoms with van der Waals surface area (Å²) in [6.45, 7) is 1.87. The van der Waals surface area contributed by atoms with E-state index in [0.717, 1.165) is 0 Å². The van der Waals surface area contributed by atoms with E-state index in [9.17, 15) is 8.42 Å². The molecule has 1 aromatic heterocycles.